The number of hydrogen-bond donors (Lipinski definition) is 1. The van der Waals surface area contributed by atoms with Gasteiger partial charge in [-0.1, -0.05) is 20.8 Å². The van der Waals surface area contributed by atoms with Gasteiger partial charge in [0, 0.05) is 6.61 Å². The normalized spacial score (nSPS) is 9.00. The molecule has 0 aliphatic heterocycles. The first-order valence-corrected chi connectivity index (χ1v) is 2.17. The van der Waals surface area contributed by atoms with Gasteiger partial charge in [0.15, 0.2) is 0 Å². The molecule has 2 N–H and O–H groups in total. The second-order valence-corrected chi connectivity index (χ2v) is 2.72. The summed E-state index contributed by atoms with van der Waals surface area (Å²) in [7, 11) is 0. The van der Waals surface area contributed by atoms with E-state index in [0.29, 0.717) is 0 Å². The van der Waals surface area contributed by atoms with E-state index >= 15 is 0 Å². The zero-order valence-electron chi connectivity index (χ0n) is 6.10. The van der Waals surface area contributed by atoms with E-state index in [-0.39, 0.29) is 68.9 Å². The van der Waals surface area contributed by atoms with Crippen LogP contribution in [0.1, 0.15) is 20.8 Å². The minimum atomic E-state index is 0. The maximum absolute atomic E-state index is 8.40. The molecule has 0 aromatic carbocycles. The summed E-state index contributed by atoms with van der Waals surface area (Å²) < 4.78 is 0. The van der Waals surface area contributed by atoms with Crippen molar-refractivity contribution in [1.82, 2.24) is 0 Å². The zero-order valence-corrected chi connectivity index (χ0v) is 9.22. The molecule has 0 saturated heterocycles. The summed E-state index contributed by atoms with van der Waals surface area (Å²) in [5.74, 6) is 0. The molecule has 0 radical (unpaired) electrons. The van der Waals surface area contributed by atoms with Crippen molar-refractivity contribution >= 4 is 0 Å². The molecule has 3 heteroatoms. The zero-order chi connectivity index (χ0) is 5.21. The molecule has 0 rings (SSSR count). The Morgan fingerprint density at radius 3 is 1.38 bits per heavy atom. The molecular weight excluding hydrogens is 131 g/mol. The Bertz CT molecular complexity index is 40.2. The first-order valence-electron chi connectivity index (χ1n) is 2.17. The summed E-state index contributed by atoms with van der Waals surface area (Å²) in [5, 5.41) is 8.40. The molecule has 0 aromatic heterocycles. The summed E-state index contributed by atoms with van der Waals surface area (Å²) >= 11 is 0. The SMILES string of the molecule is CC(C)(C)CO.[K+].[OH-]. The number of hydrogen-bond acceptors (Lipinski definition) is 2. The van der Waals surface area contributed by atoms with E-state index in [4.69, 9.17) is 5.11 Å². The quantitative estimate of drug-likeness (QED) is 0.394. The van der Waals surface area contributed by atoms with Gasteiger partial charge in [0.1, 0.15) is 0 Å². The van der Waals surface area contributed by atoms with Gasteiger partial charge in [0.25, 0.3) is 0 Å². The third kappa shape index (κ3) is 15.6. The smallest absolute Gasteiger partial charge is 0.870 e. The maximum atomic E-state index is 8.40. The molecule has 0 aliphatic carbocycles. The molecule has 46 valence electrons. The summed E-state index contributed by atoms with van der Waals surface area (Å²) in [6.45, 7) is 6.25. The predicted molar refractivity (Wildman–Crippen MR) is 28.5 cm³/mol. The fraction of sp³-hybridized carbons (Fsp3) is 1.00. The van der Waals surface area contributed by atoms with Gasteiger partial charge in [0.2, 0.25) is 0 Å². The minimum Gasteiger partial charge on any atom is -0.870 e. The predicted octanol–water partition coefficient (Wildman–Crippen LogP) is -2.15. The van der Waals surface area contributed by atoms with Gasteiger partial charge in [-0.25, -0.2) is 0 Å². The Morgan fingerprint density at radius 1 is 1.25 bits per heavy atom. The molecule has 0 saturated carbocycles. The first-order chi connectivity index (χ1) is 2.56. The van der Waals surface area contributed by atoms with Gasteiger partial charge in [-0.05, 0) is 5.41 Å². The van der Waals surface area contributed by atoms with Crippen LogP contribution in [0.3, 0.4) is 0 Å². The van der Waals surface area contributed by atoms with Crippen molar-refractivity contribution in [3.63, 3.8) is 0 Å². The van der Waals surface area contributed by atoms with Crippen LogP contribution in [-0.4, -0.2) is 17.2 Å². The van der Waals surface area contributed by atoms with E-state index in [1.165, 1.54) is 0 Å². The topological polar surface area (TPSA) is 50.2 Å². The molecule has 0 aliphatic rings. The molecule has 0 amide bonds. The van der Waals surface area contributed by atoms with Crippen LogP contribution in [0.25, 0.3) is 0 Å². The molecule has 0 heterocycles. The fourth-order valence-corrected chi connectivity index (χ4v) is 0. The van der Waals surface area contributed by atoms with Crippen molar-refractivity contribution in [2.24, 2.45) is 5.41 Å². The molecule has 0 aromatic rings. The molecule has 0 bridgehead atoms. The Balaban J connectivity index is -0.000000125. The Hall–Kier alpha value is 1.56. The van der Waals surface area contributed by atoms with E-state index in [1.807, 2.05) is 20.8 Å². The summed E-state index contributed by atoms with van der Waals surface area (Å²) in [6, 6.07) is 0. The second kappa shape index (κ2) is 6.67. The van der Waals surface area contributed by atoms with E-state index in [0.717, 1.165) is 0 Å². The van der Waals surface area contributed by atoms with Crippen LogP contribution in [-0.2, 0) is 0 Å². The first kappa shape index (κ1) is 16.3. The van der Waals surface area contributed by atoms with Crippen LogP contribution >= 0.6 is 0 Å². The van der Waals surface area contributed by atoms with E-state index < -0.39 is 0 Å². The molecular formula is C5H13KO2. The Labute approximate surface area is 93.4 Å². The maximum Gasteiger partial charge on any atom is 1.00 e. The number of aliphatic hydroxyl groups is 1. The summed E-state index contributed by atoms with van der Waals surface area (Å²) in [5.41, 5.74) is 0.0972. The van der Waals surface area contributed by atoms with Crippen molar-refractivity contribution in [2.75, 3.05) is 6.61 Å². The molecule has 0 atom stereocenters. The van der Waals surface area contributed by atoms with Crippen LogP contribution in [0.15, 0.2) is 0 Å². The molecule has 0 unspecified atom stereocenters. The van der Waals surface area contributed by atoms with Gasteiger partial charge in [-0.3, -0.25) is 0 Å². The van der Waals surface area contributed by atoms with Crippen molar-refractivity contribution in [3.05, 3.63) is 0 Å². The largest absolute Gasteiger partial charge is 1.00 e. The van der Waals surface area contributed by atoms with Gasteiger partial charge >= 0.3 is 51.4 Å². The van der Waals surface area contributed by atoms with Gasteiger partial charge < -0.3 is 10.6 Å². The average Bonchev–Trinajstić information content (AvgIpc) is 1.35. The third-order valence-electron chi connectivity index (χ3n) is 0.474. The standard InChI is InChI=1S/C5H12O.K.H2O/c1-5(2,3)4-6;;/h6H,4H2,1-3H3;;1H2/q;+1;/p-1. The van der Waals surface area contributed by atoms with Crippen LogP contribution in [0.5, 0.6) is 0 Å². The third-order valence-corrected chi connectivity index (χ3v) is 0.474. The van der Waals surface area contributed by atoms with Crippen molar-refractivity contribution in [1.29, 1.82) is 0 Å². The fourth-order valence-electron chi connectivity index (χ4n) is 0. The van der Waals surface area contributed by atoms with Crippen molar-refractivity contribution in [2.45, 2.75) is 20.8 Å². The molecule has 0 fully saturated rings. The van der Waals surface area contributed by atoms with E-state index in [2.05, 4.69) is 0 Å². The number of aliphatic hydroxyl groups excluding tert-OH is 1. The molecule has 0 spiro atoms. The molecule has 2 nitrogen and oxygen atoms in total. The monoisotopic (exact) mass is 144 g/mol. The van der Waals surface area contributed by atoms with E-state index in [9.17, 15) is 0 Å². The van der Waals surface area contributed by atoms with Crippen LogP contribution < -0.4 is 51.4 Å². The number of rotatable bonds is 0. The van der Waals surface area contributed by atoms with Gasteiger partial charge in [-0.15, -0.1) is 0 Å². The average molecular weight is 144 g/mol. The van der Waals surface area contributed by atoms with Crippen LogP contribution in [0.2, 0.25) is 0 Å². The summed E-state index contributed by atoms with van der Waals surface area (Å²) in [4.78, 5) is 0. The van der Waals surface area contributed by atoms with Crippen molar-refractivity contribution in [3.8, 4) is 0 Å². The second-order valence-electron chi connectivity index (χ2n) is 2.72. The van der Waals surface area contributed by atoms with Gasteiger partial charge in [-0.2, -0.15) is 0 Å². The van der Waals surface area contributed by atoms with E-state index in [1.54, 1.807) is 0 Å². The molecule has 8 heavy (non-hydrogen) atoms. The van der Waals surface area contributed by atoms with Crippen LogP contribution in [0.4, 0.5) is 0 Å². The van der Waals surface area contributed by atoms with Crippen LogP contribution in [0, 0.1) is 5.41 Å². The van der Waals surface area contributed by atoms with Crippen molar-refractivity contribution < 1.29 is 62.0 Å². The minimum absolute atomic E-state index is 0. The Morgan fingerprint density at radius 2 is 1.38 bits per heavy atom. The Kier molecular flexibility index (Phi) is 13.6. The van der Waals surface area contributed by atoms with Gasteiger partial charge in [0.05, 0.1) is 0 Å². The summed E-state index contributed by atoms with van der Waals surface area (Å²) in [6.07, 6.45) is 0.